The fourth-order valence-corrected chi connectivity index (χ4v) is 1.96. The Bertz CT molecular complexity index is 303. The first-order valence-corrected chi connectivity index (χ1v) is 7.88. The van der Waals surface area contributed by atoms with E-state index in [1.54, 1.807) is 0 Å². The first-order valence-electron chi connectivity index (χ1n) is 5.79. The Balaban J connectivity index is 0. The zero-order valence-corrected chi connectivity index (χ0v) is 13.2. The number of hydrogen-bond donors (Lipinski definition) is 4. The Kier molecular flexibility index (Phi) is 15.4. The summed E-state index contributed by atoms with van der Waals surface area (Å²) in [6.07, 6.45) is 3.69. The average Bonchev–Trinajstić information content (AvgIpc) is 2.39. The predicted octanol–water partition coefficient (Wildman–Crippen LogP) is 1.33. The molecule has 0 bridgehead atoms. The van der Waals surface area contributed by atoms with Gasteiger partial charge in [0, 0.05) is 11.5 Å². The van der Waals surface area contributed by atoms with Crippen molar-refractivity contribution in [1.29, 1.82) is 0 Å². The Labute approximate surface area is 127 Å². The number of hydrogen-bond acceptors (Lipinski definition) is 6. The minimum absolute atomic E-state index is 0.430. The maximum Gasteiger partial charge on any atom is 0.321 e. The van der Waals surface area contributed by atoms with Gasteiger partial charge in [-0.1, -0.05) is 12.2 Å². The van der Waals surface area contributed by atoms with Gasteiger partial charge in [0.25, 0.3) is 0 Å². The van der Waals surface area contributed by atoms with Gasteiger partial charge in [0.05, 0.1) is 0 Å². The number of carboxylic acid groups (broad SMARTS) is 2. The summed E-state index contributed by atoms with van der Waals surface area (Å²) in [5.41, 5.74) is 10.4. The van der Waals surface area contributed by atoms with Crippen LogP contribution < -0.4 is 11.5 Å². The van der Waals surface area contributed by atoms with Crippen LogP contribution in [0.1, 0.15) is 13.8 Å². The molecule has 0 unspecified atom stereocenters. The topological polar surface area (TPSA) is 127 Å². The van der Waals surface area contributed by atoms with Gasteiger partial charge in [-0.25, -0.2) is 0 Å². The van der Waals surface area contributed by atoms with Crippen molar-refractivity contribution in [3.63, 3.8) is 0 Å². The minimum atomic E-state index is -0.947. The summed E-state index contributed by atoms with van der Waals surface area (Å²) in [7, 11) is 0. The molecule has 0 amide bonds. The summed E-state index contributed by atoms with van der Waals surface area (Å²) >= 11 is 2.81. The highest BCUT2D eigenvalue weighted by molar-refractivity contribution is 8.02. The maximum atomic E-state index is 10.1. The molecule has 0 aliphatic heterocycles. The van der Waals surface area contributed by atoms with E-state index in [0.29, 0.717) is 11.5 Å². The van der Waals surface area contributed by atoms with Crippen LogP contribution in [0.2, 0.25) is 0 Å². The van der Waals surface area contributed by atoms with Gasteiger partial charge >= 0.3 is 11.9 Å². The maximum absolute atomic E-state index is 10.1. The van der Waals surface area contributed by atoms with Crippen LogP contribution >= 0.6 is 23.5 Å². The van der Waals surface area contributed by atoms with Crippen molar-refractivity contribution in [3.05, 3.63) is 23.0 Å². The average molecular weight is 322 g/mol. The molecule has 0 heterocycles. The van der Waals surface area contributed by atoms with Gasteiger partial charge in [-0.15, -0.1) is 23.5 Å². The van der Waals surface area contributed by atoms with Crippen LogP contribution in [0, 0.1) is 0 Å². The lowest BCUT2D eigenvalue weighted by molar-refractivity contribution is -0.138. The van der Waals surface area contributed by atoms with E-state index in [0.717, 1.165) is 0 Å². The van der Waals surface area contributed by atoms with Crippen molar-refractivity contribution in [1.82, 2.24) is 0 Å². The lowest BCUT2D eigenvalue weighted by Gasteiger charge is -2.01. The molecule has 116 valence electrons. The van der Waals surface area contributed by atoms with Crippen LogP contribution in [0.3, 0.4) is 0 Å². The van der Waals surface area contributed by atoms with Gasteiger partial charge < -0.3 is 21.7 Å². The van der Waals surface area contributed by atoms with Crippen molar-refractivity contribution in [2.24, 2.45) is 11.5 Å². The molecule has 0 aliphatic rings. The molecule has 8 heteroatoms. The molecule has 0 spiro atoms. The fourth-order valence-electron chi connectivity index (χ4n) is 0.653. The largest absolute Gasteiger partial charge is 0.480 e. The second-order valence-electron chi connectivity index (χ2n) is 3.49. The van der Waals surface area contributed by atoms with E-state index in [1.165, 1.54) is 23.5 Å². The van der Waals surface area contributed by atoms with E-state index in [-0.39, 0.29) is 0 Å². The third-order valence-electron chi connectivity index (χ3n) is 1.65. The molecule has 0 radical (unpaired) electrons. The van der Waals surface area contributed by atoms with Gasteiger partial charge in [0.1, 0.15) is 12.1 Å². The van der Waals surface area contributed by atoms with Gasteiger partial charge in [-0.3, -0.25) is 9.59 Å². The molecule has 0 aliphatic carbocycles. The van der Waals surface area contributed by atoms with E-state index in [4.69, 9.17) is 21.7 Å². The van der Waals surface area contributed by atoms with Crippen LogP contribution in [-0.2, 0) is 9.59 Å². The standard InChI is InChI=1S/2C6H11NO2S/c2*1-2-3-10-4-5(7)6(8)9/h2*2-3,5H,4,7H2,1H3,(H,8,9)/b3-2+;3-2-/t2*5-/m00/s1. The van der Waals surface area contributed by atoms with Crippen molar-refractivity contribution in [3.8, 4) is 0 Å². The molecular weight excluding hydrogens is 300 g/mol. The van der Waals surface area contributed by atoms with E-state index in [1.807, 2.05) is 36.8 Å². The molecule has 0 aromatic carbocycles. The highest BCUT2D eigenvalue weighted by Gasteiger charge is 2.09. The third kappa shape index (κ3) is 15.1. The highest BCUT2D eigenvalue weighted by Crippen LogP contribution is 2.03. The van der Waals surface area contributed by atoms with Gasteiger partial charge in [0.15, 0.2) is 0 Å². The highest BCUT2D eigenvalue weighted by atomic mass is 32.2. The zero-order valence-electron chi connectivity index (χ0n) is 11.6. The molecule has 2 atom stereocenters. The molecule has 6 nitrogen and oxygen atoms in total. The van der Waals surface area contributed by atoms with Gasteiger partial charge in [-0.05, 0) is 24.7 Å². The number of thioether (sulfide) groups is 2. The smallest absolute Gasteiger partial charge is 0.321 e. The molecular formula is C12H22N2O4S2. The first-order chi connectivity index (χ1) is 9.36. The second kappa shape index (κ2) is 14.4. The van der Waals surface area contributed by atoms with Crippen LogP contribution in [0.15, 0.2) is 23.0 Å². The SMILES string of the molecule is C/C=C/SC[C@H](N)C(=O)O.C/C=C\SC[C@H](N)C(=O)O. The Morgan fingerprint density at radius 3 is 1.45 bits per heavy atom. The Hall–Kier alpha value is -0.960. The second-order valence-corrected chi connectivity index (χ2v) is 5.37. The molecule has 0 saturated carbocycles. The number of carbonyl (C=O) groups is 2. The number of aliphatic carboxylic acids is 2. The first kappa shape index (κ1) is 21.3. The molecule has 20 heavy (non-hydrogen) atoms. The summed E-state index contributed by atoms with van der Waals surface area (Å²) in [5.74, 6) is -1.03. The van der Waals surface area contributed by atoms with Crippen molar-refractivity contribution < 1.29 is 19.8 Å². The van der Waals surface area contributed by atoms with E-state index in [2.05, 4.69) is 0 Å². The number of rotatable bonds is 8. The predicted molar refractivity (Wildman–Crippen MR) is 85.8 cm³/mol. The number of carboxylic acids is 2. The van der Waals surface area contributed by atoms with Crippen molar-refractivity contribution in [2.45, 2.75) is 25.9 Å². The Morgan fingerprint density at radius 1 is 0.950 bits per heavy atom. The van der Waals surface area contributed by atoms with Crippen LogP contribution in [0.25, 0.3) is 0 Å². The normalized spacial score (nSPS) is 13.8. The Morgan fingerprint density at radius 2 is 1.25 bits per heavy atom. The summed E-state index contributed by atoms with van der Waals surface area (Å²) in [4.78, 5) is 20.3. The third-order valence-corrected chi connectivity index (χ3v) is 3.68. The summed E-state index contributed by atoms with van der Waals surface area (Å²) < 4.78 is 0. The molecule has 6 N–H and O–H groups in total. The molecule has 0 aromatic rings. The van der Waals surface area contributed by atoms with Gasteiger partial charge in [0.2, 0.25) is 0 Å². The van der Waals surface area contributed by atoms with Crippen molar-refractivity contribution >= 4 is 35.5 Å². The van der Waals surface area contributed by atoms with Crippen LogP contribution in [-0.4, -0.2) is 45.7 Å². The quantitative estimate of drug-likeness (QED) is 0.527. The molecule has 0 rings (SSSR count). The fraction of sp³-hybridized carbons (Fsp3) is 0.500. The minimum Gasteiger partial charge on any atom is -0.480 e. The zero-order chi connectivity index (χ0) is 16.0. The molecule has 0 saturated heterocycles. The summed E-state index contributed by atoms with van der Waals surface area (Å²) in [5, 5.41) is 20.3. The van der Waals surface area contributed by atoms with Crippen LogP contribution in [0.5, 0.6) is 0 Å². The van der Waals surface area contributed by atoms with Crippen molar-refractivity contribution in [2.75, 3.05) is 11.5 Å². The van der Waals surface area contributed by atoms with E-state index in [9.17, 15) is 9.59 Å². The van der Waals surface area contributed by atoms with E-state index < -0.39 is 24.0 Å². The lowest BCUT2D eigenvalue weighted by Crippen LogP contribution is -2.32. The molecule has 0 aromatic heterocycles. The van der Waals surface area contributed by atoms with E-state index >= 15 is 0 Å². The van der Waals surface area contributed by atoms with Crippen LogP contribution in [0.4, 0.5) is 0 Å². The summed E-state index contributed by atoms with van der Waals surface area (Å²) in [6, 6.07) is -1.50. The number of allylic oxidation sites excluding steroid dienone is 2. The monoisotopic (exact) mass is 322 g/mol. The van der Waals surface area contributed by atoms with Gasteiger partial charge in [-0.2, -0.15) is 0 Å². The summed E-state index contributed by atoms with van der Waals surface area (Å²) in [6.45, 7) is 3.75. The lowest BCUT2D eigenvalue weighted by atomic mass is 10.4. The number of nitrogens with two attached hydrogens (primary N) is 2. The molecule has 0 fully saturated rings.